The summed E-state index contributed by atoms with van der Waals surface area (Å²) in [5, 5.41) is 4.13. The lowest BCUT2D eigenvalue weighted by atomic mass is 9.93. The molecule has 0 aliphatic carbocycles. The molecule has 1 N–H and O–H groups in total. The molecule has 0 aromatic heterocycles. The fraction of sp³-hybridized carbons (Fsp3) is 0.462. The minimum absolute atomic E-state index is 0.0995. The summed E-state index contributed by atoms with van der Waals surface area (Å²) in [6.45, 7) is 6.95. The second-order valence-electron chi connectivity index (χ2n) is 8.97. The number of halogens is 2. The Labute approximate surface area is 216 Å². The highest BCUT2D eigenvalue weighted by atomic mass is 35.5. The van der Waals surface area contributed by atoms with Gasteiger partial charge >= 0.3 is 5.97 Å². The van der Waals surface area contributed by atoms with E-state index in [1.807, 2.05) is 36.4 Å². The predicted molar refractivity (Wildman–Crippen MR) is 139 cm³/mol. The second-order valence-corrected chi connectivity index (χ2v) is 9.75. The van der Waals surface area contributed by atoms with Crippen LogP contribution in [-0.2, 0) is 20.7 Å². The lowest BCUT2D eigenvalue weighted by molar-refractivity contribution is -0.143. The molecule has 1 unspecified atom stereocenters. The number of carbonyl (C=O) groups excluding carboxylic acids is 2. The van der Waals surface area contributed by atoms with E-state index < -0.39 is 0 Å². The average Bonchev–Trinajstić information content (AvgIpc) is 2.84. The van der Waals surface area contributed by atoms with Gasteiger partial charge in [0.2, 0.25) is 5.91 Å². The molecule has 1 amide bonds. The molecule has 2 aliphatic heterocycles. The molecule has 0 saturated carbocycles. The highest BCUT2D eigenvalue weighted by molar-refractivity contribution is 6.43. The summed E-state index contributed by atoms with van der Waals surface area (Å²) in [6, 6.07) is 11.5. The molecule has 2 aliphatic rings. The number of ether oxygens (including phenoxy) is 2. The molecule has 4 rings (SSSR count). The van der Waals surface area contributed by atoms with E-state index in [1.54, 1.807) is 0 Å². The molecule has 188 valence electrons. The number of hydrogen-bond acceptors (Lipinski definition) is 6. The zero-order chi connectivity index (χ0) is 24.8. The van der Waals surface area contributed by atoms with Gasteiger partial charge in [-0.2, -0.15) is 0 Å². The van der Waals surface area contributed by atoms with Gasteiger partial charge in [0.25, 0.3) is 0 Å². The zero-order valence-corrected chi connectivity index (χ0v) is 21.4. The third-order valence-corrected chi connectivity index (χ3v) is 7.25. The van der Waals surface area contributed by atoms with Crippen LogP contribution in [0.15, 0.2) is 36.4 Å². The van der Waals surface area contributed by atoms with E-state index in [2.05, 4.69) is 15.1 Å². The number of rotatable bonds is 9. The van der Waals surface area contributed by atoms with Gasteiger partial charge in [-0.15, -0.1) is 0 Å². The van der Waals surface area contributed by atoms with Crippen LogP contribution in [0.25, 0.3) is 0 Å². The van der Waals surface area contributed by atoms with Gasteiger partial charge in [0.05, 0.1) is 28.3 Å². The van der Waals surface area contributed by atoms with Crippen LogP contribution in [0.5, 0.6) is 5.75 Å². The number of hydrogen-bond donors (Lipinski definition) is 1. The third kappa shape index (κ3) is 6.81. The normalized spacial score (nSPS) is 18.1. The number of unbranched alkanes of at least 4 members (excludes halogenated alkanes) is 1. The van der Waals surface area contributed by atoms with Crippen LogP contribution in [0, 0.1) is 5.92 Å². The van der Waals surface area contributed by atoms with Crippen molar-refractivity contribution >= 4 is 46.5 Å². The maximum atomic E-state index is 12.3. The van der Waals surface area contributed by atoms with Gasteiger partial charge in [-0.05, 0) is 49.6 Å². The van der Waals surface area contributed by atoms with Crippen molar-refractivity contribution in [3.8, 4) is 5.75 Å². The largest absolute Gasteiger partial charge is 0.494 e. The molecule has 1 fully saturated rings. The van der Waals surface area contributed by atoms with Crippen LogP contribution in [0.2, 0.25) is 10.0 Å². The summed E-state index contributed by atoms with van der Waals surface area (Å²) in [5.41, 5.74) is 2.80. The average molecular weight is 520 g/mol. The van der Waals surface area contributed by atoms with Crippen molar-refractivity contribution in [1.82, 2.24) is 4.90 Å². The van der Waals surface area contributed by atoms with E-state index >= 15 is 0 Å². The number of fused-ring (bicyclic) bond motifs is 1. The SMILES string of the molecule is CC(=O)OCC1Cc2ccc(OCCCCN3CCN(c4cccc(Cl)c4Cl)CC3)cc2NC1=O. The number of anilines is 2. The Hall–Kier alpha value is -2.48. The number of carbonyl (C=O) groups is 2. The Morgan fingerprint density at radius 1 is 1.11 bits per heavy atom. The fourth-order valence-electron chi connectivity index (χ4n) is 4.46. The monoisotopic (exact) mass is 519 g/mol. The predicted octanol–water partition coefficient (Wildman–Crippen LogP) is 4.65. The van der Waals surface area contributed by atoms with Crippen molar-refractivity contribution < 1.29 is 19.1 Å². The number of esters is 1. The second kappa shape index (κ2) is 12.0. The van der Waals surface area contributed by atoms with Crippen molar-refractivity contribution in [2.75, 3.05) is 56.2 Å². The number of piperazine rings is 1. The van der Waals surface area contributed by atoms with E-state index in [0.717, 1.165) is 68.3 Å². The van der Waals surface area contributed by atoms with Gasteiger partial charge in [0, 0.05) is 44.9 Å². The Balaban J connectivity index is 1.15. The standard InChI is InChI=1S/C26H31Cl2N3O4/c1-18(32)35-17-20-15-19-7-8-21(16-23(19)29-26(20)33)34-14-3-2-9-30-10-12-31(13-11-30)24-6-4-5-22(27)25(24)28/h4-8,16,20H,2-3,9-15,17H2,1H3,(H,29,33). The first-order valence-electron chi connectivity index (χ1n) is 12.0. The quantitative estimate of drug-likeness (QED) is 0.384. The fourth-order valence-corrected chi connectivity index (χ4v) is 4.88. The van der Waals surface area contributed by atoms with Gasteiger partial charge in [-0.1, -0.05) is 35.3 Å². The highest BCUT2D eigenvalue weighted by Crippen LogP contribution is 2.33. The Morgan fingerprint density at radius 2 is 1.91 bits per heavy atom. The molecule has 7 nitrogen and oxygen atoms in total. The van der Waals surface area contributed by atoms with Crippen molar-refractivity contribution in [1.29, 1.82) is 0 Å². The first-order valence-corrected chi connectivity index (χ1v) is 12.8. The van der Waals surface area contributed by atoms with Crippen molar-refractivity contribution in [3.63, 3.8) is 0 Å². The number of nitrogens with zero attached hydrogens (tertiary/aromatic N) is 2. The Kier molecular flexibility index (Phi) is 8.76. The maximum absolute atomic E-state index is 12.3. The molecule has 1 atom stereocenters. The van der Waals surface area contributed by atoms with E-state index in [1.165, 1.54) is 6.92 Å². The molecule has 2 heterocycles. The van der Waals surface area contributed by atoms with E-state index in [9.17, 15) is 9.59 Å². The zero-order valence-electron chi connectivity index (χ0n) is 19.9. The molecule has 1 saturated heterocycles. The topological polar surface area (TPSA) is 71.1 Å². The summed E-state index contributed by atoms with van der Waals surface area (Å²) >= 11 is 12.5. The summed E-state index contributed by atoms with van der Waals surface area (Å²) in [7, 11) is 0. The summed E-state index contributed by atoms with van der Waals surface area (Å²) in [4.78, 5) is 28.1. The van der Waals surface area contributed by atoms with Gasteiger partial charge in [0.1, 0.15) is 12.4 Å². The summed E-state index contributed by atoms with van der Waals surface area (Å²) in [6.07, 6.45) is 2.55. The molecule has 2 aromatic rings. The van der Waals surface area contributed by atoms with Crippen molar-refractivity contribution in [2.24, 2.45) is 5.92 Å². The van der Waals surface area contributed by atoms with Gasteiger partial charge in [-0.25, -0.2) is 0 Å². The van der Waals surface area contributed by atoms with Crippen LogP contribution < -0.4 is 15.0 Å². The van der Waals surface area contributed by atoms with E-state index in [4.69, 9.17) is 32.7 Å². The highest BCUT2D eigenvalue weighted by Gasteiger charge is 2.27. The molecular weight excluding hydrogens is 489 g/mol. The molecule has 0 spiro atoms. The van der Waals surface area contributed by atoms with Crippen LogP contribution >= 0.6 is 23.2 Å². The molecule has 35 heavy (non-hydrogen) atoms. The minimum Gasteiger partial charge on any atom is -0.494 e. The third-order valence-electron chi connectivity index (χ3n) is 6.45. The molecule has 9 heteroatoms. The van der Waals surface area contributed by atoms with Gasteiger partial charge in [-0.3, -0.25) is 14.5 Å². The van der Waals surface area contributed by atoms with Crippen LogP contribution in [0.1, 0.15) is 25.3 Å². The molecular formula is C26H31Cl2N3O4. The number of amides is 1. The number of benzene rings is 2. The lowest BCUT2D eigenvalue weighted by Gasteiger charge is -2.36. The lowest BCUT2D eigenvalue weighted by Crippen LogP contribution is -2.46. The van der Waals surface area contributed by atoms with Gasteiger partial charge in [0.15, 0.2) is 0 Å². The first-order chi connectivity index (χ1) is 16.9. The molecule has 0 radical (unpaired) electrons. The van der Waals surface area contributed by atoms with Crippen molar-refractivity contribution in [3.05, 3.63) is 52.0 Å². The number of nitrogens with one attached hydrogen (secondary N) is 1. The molecule has 2 aromatic carbocycles. The van der Waals surface area contributed by atoms with Crippen LogP contribution in [-0.4, -0.2) is 62.7 Å². The Bertz CT molecular complexity index is 1060. The minimum atomic E-state index is -0.378. The summed E-state index contributed by atoms with van der Waals surface area (Å²) in [5.74, 6) is -0.122. The summed E-state index contributed by atoms with van der Waals surface area (Å²) < 4.78 is 10.9. The maximum Gasteiger partial charge on any atom is 0.302 e. The van der Waals surface area contributed by atoms with E-state index in [0.29, 0.717) is 23.1 Å². The van der Waals surface area contributed by atoms with Crippen LogP contribution in [0.4, 0.5) is 11.4 Å². The molecule has 0 bridgehead atoms. The van der Waals surface area contributed by atoms with Gasteiger partial charge < -0.3 is 19.7 Å². The Morgan fingerprint density at radius 3 is 2.69 bits per heavy atom. The smallest absolute Gasteiger partial charge is 0.302 e. The van der Waals surface area contributed by atoms with Crippen LogP contribution in [0.3, 0.4) is 0 Å². The first kappa shape index (κ1) is 25.6. The van der Waals surface area contributed by atoms with Crippen molar-refractivity contribution in [2.45, 2.75) is 26.2 Å². The van der Waals surface area contributed by atoms with E-state index in [-0.39, 0.29) is 24.4 Å².